The molecule has 1 aromatic rings. The lowest BCUT2D eigenvalue weighted by Crippen LogP contribution is -2.25. The summed E-state index contributed by atoms with van der Waals surface area (Å²) >= 11 is 1.44. The Morgan fingerprint density at radius 3 is 2.71 bits per heavy atom. The average molecular weight is 249 g/mol. The van der Waals surface area contributed by atoms with Gasteiger partial charge in [-0.25, -0.2) is 0 Å². The van der Waals surface area contributed by atoms with Crippen LogP contribution in [0.15, 0.2) is 29.2 Å². The number of rotatable bonds is 5. The molecular weight excluding hydrogens is 234 g/mol. The predicted molar refractivity (Wildman–Crippen MR) is 68.4 cm³/mol. The third kappa shape index (κ3) is 4.89. The molecule has 1 rings (SSSR count). The zero-order valence-corrected chi connectivity index (χ0v) is 10.5. The summed E-state index contributed by atoms with van der Waals surface area (Å²) in [5, 5.41) is 10.8. The average Bonchev–Trinajstić information content (AvgIpc) is 2.34. The van der Waals surface area contributed by atoms with Crippen molar-refractivity contribution >= 4 is 17.7 Å². The SMILES string of the molecule is CC(N)c1ccc(SCC(=O)NCC#N)cc1. The fraction of sp³-hybridized carbons (Fsp3) is 0.333. The van der Waals surface area contributed by atoms with Crippen molar-refractivity contribution in [3.8, 4) is 6.07 Å². The Balaban J connectivity index is 2.42. The summed E-state index contributed by atoms with van der Waals surface area (Å²) in [6.45, 7) is 1.99. The molecular formula is C12H15N3OS. The standard InChI is InChI=1S/C12H15N3OS/c1-9(14)10-2-4-11(5-3-10)17-8-12(16)15-7-6-13/h2-5,9H,7-8,14H2,1H3,(H,15,16). The molecule has 5 heteroatoms. The molecule has 90 valence electrons. The van der Waals surface area contributed by atoms with E-state index in [4.69, 9.17) is 11.0 Å². The van der Waals surface area contributed by atoms with E-state index in [1.165, 1.54) is 11.8 Å². The maximum absolute atomic E-state index is 11.2. The number of carbonyl (C=O) groups is 1. The lowest BCUT2D eigenvalue weighted by atomic mass is 10.1. The third-order valence-electron chi connectivity index (χ3n) is 2.14. The minimum atomic E-state index is -0.132. The van der Waals surface area contributed by atoms with E-state index in [0.29, 0.717) is 5.75 Å². The van der Waals surface area contributed by atoms with Gasteiger partial charge in [-0.2, -0.15) is 5.26 Å². The summed E-state index contributed by atoms with van der Waals surface area (Å²) in [7, 11) is 0. The van der Waals surface area contributed by atoms with Crippen LogP contribution in [0.4, 0.5) is 0 Å². The summed E-state index contributed by atoms with van der Waals surface area (Å²) in [6.07, 6.45) is 0. The number of nitrogens with zero attached hydrogens (tertiary/aromatic N) is 1. The molecule has 1 amide bonds. The van der Waals surface area contributed by atoms with Crippen molar-refractivity contribution in [2.75, 3.05) is 12.3 Å². The third-order valence-corrected chi connectivity index (χ3v) is 3.15. The first-order valence-corrected chi connectivity index (χ1v) is 6.24. The smallest absolute Gasteiger partial charge is 0.231 e. The number of nitrogens with one attached hydrogen (secondary N) is 1. The minimum Gasteiger partial charge on any atom is -0.342 e. The molecule has 0 aliphatic carbocycles. The molecule has 0 aliphatic heterocycles. The van der Waals surface area contributed by atoms with Gasteiger partial charge in [-0.15, -0.1) is 11.8 Å². The van der Waals surface area contributed by atoms with Crippen molar-refractivity contribution in [2.45, 2.75) is 17.9 Å². The first-order chi connectivity index (χ1) is 8.13. The summed E-state index contributed by atoms with van der Waals surface area (Å²) in [6, 6.07) is 9.69. The summed E-state index contributed by atoms with van der Waals surface area (Å²) < 4.78 is 0. The quantitative estimate of drug-likeness (QED) is 0.611. The van der Waals surface area contributed by atoms with Crippen LogP contribution < -0.4 is 11.1 Å². The van der Waals surface area contributed by atoms with E-state index in [2.05, 4.69) is 5.32 Å². The molecule has 0 aromatic heterocycles. The Hall–Kier alpha value is -1.51. The van der Waals surface area contributed by atoms with Crippen molar-refractivity contribution in [3.63, 3.8) is 0 Å². The number of carbonyl (C=O) groups excluding carboxylic acids is 1. The van der Waals surface area contributed by atoms with Gasteiger partial charge < -0.3 is 11.1 Å². The monoisotopic (exact) mass is 249 g/mol. The molecule has 0 fully saturated rings. The topological polar surface area (TPSA) is 78.9 Å². The van der Waals surface area contributed by atoms with Gasteiger partial charge >= 0.3 is 0 Å². The van der Waals surface area contributed by atoms with E-state index in [1.54, 1.807) is 0 Å². The van der Waals surface area contributed by atoms with Gasteiger partial charge in [-0.3, -0.25) is 4.79 Å². The number of benzene rings is 1. The maximum atomic E-state index is 11.2. The normalized spacial score (nSPS) is 11.6. The van der Waals surface area contributed by atoms with Gasteiger partial charge in [0.25, 0.3) is 0 Å². The molecule has 0 heterocycles. The van der Waals surface area contributed by atoms with E-state index >= 15 is 0 Å². The van der Waals surface area contributed by atoms with Gasteiger partial charge in [0, 0.05) is 10.9 Å². The highest BCUT2D eigenvalue weighted by atomic mass is 32.2. The second-order valence-corrected chi connectivity index (χ2v) is 4.63. The van der Waals surface area contributed by atoms with Crippen molar-refractivity contribution in [2.24, 2.45) is 5.73 Å². The van der Waals surface area contributed by atoms with Crippen molar-refractivity contribution < 1.29 is 4.79 Å². The van der Waals surface area contributed by atoms with Crippen LogP contribution in [0.2, 0.25) is 0 Å². The molecule has 0 saturated heterocycles. The van der Waals surface area contributed by atoms with Crippen LogP contribution in [0.5, 0.6) is 0 Å². The van der Waals surface area contributed by atoms with Gasteiger partial charge in [-0.05, 0) is 24.6 Å². The molecule has 0 saturated carbocycles. The number of nitrogens with two attached hydrogens (primary N) is 1. The molecule has 1 atom stereocenters. The number of nitriles is 1. The highest BCUT2D eigenvalue weighted by molar-refractivity contribution is 8.00. The zero-order valence-electron chi connectivity index (χ0n) is 9.64. The van der Waals surface area contributed by atoms with E-state index in [-0.39, 0.29) is 18.5 Å². The molecule has 4 nitrogen and oxygen atoms in total. The molecule has 0 spiro atoms. The number of amides is 1. The van der Waals surface area contributed by atoms with E-state index in [1.807, 2.05) is 37.3 Å². The number of thioether (sulfide) groups is 1. The fourth-order valence-electron chi connectivity index (χ4n) is 1.21. The Morgan fingerprint density at radius 1 is 1.53 bits per heavy atom. The molecule has 3 N–H and O–H groups in total. The van der Waals surface area contributed by atoms with Crippen LogP contribution in [0.1, 0.15) is 18.5 Å². The van der Waals surface area contributed by atoms with E-state index in [0.717, 1.165) is 10.5 Å². The highest BCUT2D eigenvalue weighted by Gasteiger charge is 2.03. The lowest BCUT2D eigenvalue weighted by Gasteiger charge is -2.06. The van der Waals surface area contributed by atoms with Crippen LogP contribution in [-0.4, -0.2) is 18.2 Å². The van der Waals surface area contributed by atoms with Gasteiger partial charge in [0.2, 0.25) is 5.91 Å². The van der Waals surface area contributed by atoms with Crippen LogP contribution >= 0.6 is 11.8 Å². The second kappa shape index (κ2) is 6.94. The molecule has 1 aromatic carbocycles. The molecule has 17 heavy (non-hydrogen) atoms. The van der Waals surface area contributed by atoms with Gasteiger partial charge in [0.15, 0.2) is 0 Å². The van der Waals surface area contributed by atoms with Gasteiger partial charge in [0.1, 0.15) is 6.54 Å². The largest absolute Gasteiger partial charge is 0.342 e. The highest BCUT2D eigenvalue weighted by Crippen LogP contribution is 2.19. The summed E-state index contributed by atoms with van der Waals surface area (Å²) in [5.41, 5.74) is 6.81. The summed E-state index contributed by atoms with van der Waals surface area (Å²) in [4.78, 5) is 12.3. The Morgan fingerprint density at radius 2 is 2.18 bits per heavy atom. The number of hydrogen-bond acceptors (Lipinski definition) is 4. The number of hydrogen-bond donors (Lipinski definition) is 2. The Kier molecular flexibility index (Phi) is 5.53. The van der Waals surface area contributed by atoms with Crippen molar-refractivity contribution in [1.29, 1.82) is 5.26 Å². The van der Waals surface area contributed by atoms with E-state index in [9.17, 15) is 4.79 Å². The maximum Gasteiger partial charge on any atom is 0.231 e. The fourth-order valence-corrected chi connectivity index (χ4v) is 1.93. The molecule has 0 aliphatic rings. The van der Waals surface area contributed by atoms with Gasteiger partial charge in [-0.1, -0.05) is 12.1 Å². The van der Waals surface area contributed by atoms with Crippen molar-refractivity contribution in [1.82, 2.24) is 5.32 Å². The summed E-state index contributed by atoms with van der Waals surface area (Å²) in [5.74, 6) is 0.187. The van der Waals surface area contributed by atoms with Crippen LogP contribution in [0.25, 0.3) is 0 Å². The van der Waals surface area contributed by atoms with Crippen LogP contribution in [-0.2, 0) is 4.79 Å². The molecule has 0 radical (unpaired) electrons. The van der Waals surface area contributed by atoms with Crippen LogP contribution in [0.3, 0.4) is 0 Å². The zero-order chi connectivity index (χ0) is 12.7. The second-order valence-electron chi connectivity index (χ2n) is 3.58. The lowest BCUT2D eigenvalue weighted by molar-refractivity contribution is -0.118. The minimum absolute atomic E-state index is 0.0213. The Labute approximate surface area is 105 Å². The molecule has 0 bridgehead atoms. The Bertz CT molecular complexity index is 409. The predicted octanol–water partition coefficient (Wildman–Crippen LogP) is 1.44. The first-order valence-electron chi connectivity index (χ1n) is 5.25. The van der Waals surface area contributed by atoms with Gasteiger partial charge in [0.05, 0.1) is 11.8 Å². The van der Waals surface area contributed by atoms with Crippen molar-refractivity contribution in [3.05, 3.63) is 29.8 Å². The first kappa shape index (κ1) is 13.6. The van der Waals surface area contributed by atoms with E-state index < -0.39 is 0 Å². The van der Waals surface area contributed by atoms with Crippen LogP contribution in [0, 0.1) is 11.3 Å². The molecule has 1 unspecified atom stereocenters.